The number of unbranched alkanes of at least 4 members (excludes halogenated alkanes) is 2. The molecule has 0 radical (unpaired) electrons. The summed E-state index contributed by atoms with van der Waals surface area (Å²) in [4.78, 5) is 104. The molecule has 0 aliphatic carbocycles. The van der Waals surface area contributed by atoms with Gasteiger partial charge >= 0.3 is 18.2 Å². The third-order valence-corrected chi connectivity index (χ3v) is 12.4. The number of alkyl carbamates (subject to hydrolysis) is 1. The maximum Gasteiger partial charge on any atom is 0.408 e. The Hall–Kier alpha value is -6.05. The second-order valence-electron chi connectivity index (χ2n) is 21.6. The summed E-state index contributed by atoms with van der Waals surface area (Å²) in [7, 11) is 0. The van der Waals surface area contributed by atoms with Crippen LogP contribution in [-0.2, 0) is 79.8 Å². The van der Waals surface area contributed by atoms with Crippen molar-refractivity contribution < 1.29 is 76.7 Å². The van der Waals surface area contributed by atoms with Crippen LogP contribution >= 0.6 is 0 Å². The maximum absolute atomic E-state index is 13.4. The number of nitrogens with one attached hydrogen (secondary N) is 4. The van der Waals surface area contributed by atoms with E-state index < -0.39 is 17.7 Å². The molecule has 0 aromatic heterocycles. The summed E-state index contributed by atoms with van der Waals surface area (Å²) in [6.45, 7) is 19.5. The highest BCUT2D eigenvalue weighted by Gasteiger charge is 2.24. The van der Waals surface area contributed by atoms with Gasteiger partial charge in [0, 0.05) is 58.2 Å². The molecule has 0 fully saturated rings. The average Bonchev–Trinajstić information content (AvgIpc) is 3.37. The molecule has 444 valence electrons. The monoisotopic (exact) mass is 1110 g/mol. The van der Waals surface area contributed by atoms with E-state index in [2.05, 4.69) is 55.9 Å². The van der Waals surface area contributed by atoms with Crippen LogP contribution in [0.3, 0.4) is 0 Å². The normalized spacial score (nSPS) is 12.4. The van der Waals surface area contributed by atoms with Crippen LogP contribution in [0.1, 0.15) is 156 Å². The van der Waals surface area contributed by atoms with Gasteiger partial charge in [0.15, 0.2) is 5.78 Å². The maximum atomic E-state index is 13.4. The second-order valence-corrected chi connectivity index (χ2v) is 21.6. The van der Waals surface area contributed by atoms with E-state index in [1.165, 1.54) is 0 Å². The van der Waals surface area contributed by atoms with Crippen molar-refractivity contribution in [3.05, 3.63) is 59.7 Å². The largest absolute Gasteiger partial charge is 0.506 e. The fraction of sp³-hybridized carbons (Fsp3) is 0.661. The van der Waals surface area contributed by atoms with Gasteiger partial charge in [-0.3, -0.25) is 28.8 Å². The zero-order chi connectivity index (χ0) is 58.9. The van der Waals surface area contributed by atoms with Gasteiger partial charge in [-0.15, -0.1) is 0 Å². The fourth-order valence-electron chi connectivity index (χ4n) is 7.67. The van der Waals surface area contributed by atoms with E-state index in [0.717, 1.165) is 24.0 Å². The van der Waals surface area contributed by atoms with Crippen molar-refractivity contribution in [1.29, 1.82) is 0 Å². The van der Waals surface area contributed by atoms with E-state index in [1.54, 1.807) is 6.07 Å². The van der Waals surface area contributed by atoms with Crippen molar-refractivity contribution in [2.24, 2.45) is 17.3 Å². The molecule has 20 nitrogen and oxygen atoms in total. The minimum absolute atomic E-state index is 0.00545. The summed E-state index contributed by atoms with van der Waals surface area (Å²) < 4.78 is 32.4. The summed E-state index contributed by atoms with van der Waals surface area (Å²) in [6.07, 6.45) is 5.58. The molecule has 5 N–H and O–H groups in total. The molecular weight excluding hydrogens is 1020 g/mol. The first-order valence-electron chi connectivity index (χ1n) is 27.7. The zero-order valence-electron chi connectivity index (χ0n) is 48.3. The lowest BCUT2D eigenvalue weighted by atomic mass is 9.76. The summed E-state index contributed by atoms with van der Waals surface area (Å²) in [5.74, 6) is -0.184. The number of carbonyl (C=O) groups is 7. The van der Waals surface area contributed by atoms with E-state index in [1.807, 2.05) is 63.2 Å². The molecule has 0 saturated heterocycles. The number of amides is 4. The molecule has 0 saturated carbocycles. The molecule has 0 spiro atoms. The summed E-state index contributed by atoms with van der Waals surface area (Å²) in [5, 5.41) is 21.6. The molecule has 0 bridgehead atoms. The van der Waals surface area contributed by atoms with Crippen LogP contribution in [0.2, 0.25) is 0 Å². The number of rotatable bonds is 41. The molecule has 3 atom stereocenters. The number of phenols is 1. The molecule has 2 aromatic rings. The lowest BCUT2D eigenvalue weighted by Crippen LogP contribution is -2.41. The van der Waals surface area contributed by atoms with Crippen LogP contribution in [0.25, 0.3) is 0 Å². The number of aromatic hydroxyl groups is 1. The van der Waals surface area contributed by atoms with Crippen molar-refractivity contribution in [1.82, 2.24) is 16.0 Å². The molecule has 0 heterocycles. The number of phenolic OH excluding ortho intramolecular Hbond substituents is 1. The van der Waals surface area contributed by atoms with Gasteiger partial charge < -0.3 is 54.8 Å². The van der Waals surface area contributed by atoms with Crippen molar-refractivity contribution in [2.75, 3.05) is 71.3 Å². The SMILES string of the molecule is CC(C[C@@H](C)Cc1ccc(O)c(NC(=O)CCCCC(=O)[C@H](CCCCNC(=O)CCOCCC(=O)NCCOCCC(=O)CCCOCCOCCC(=O)OC(C)(C)C)NC(=O)OCc2ccccc2)c1)C(C)(C)C.O=C=O. The third-order valence-electron chi connectivity index (χ3n) is 12.4. The molecule has 20 heteroatoms. The Morgan fingerprint density at radius 1 is 0.608 bits per heavy atom. The number of carbonyl (C=O) groups excluding carboxylic acids is 9. The molecule has 2 aromatic carbocycles. The van der Waals surface area contributed by atoms with Crippen LogP contribution < -0.4 is 21.3 Å². The van der Waals surface area contributed by atoms with Crippen molar-refractivity contribution in [3.8, 4) is 5.75 Å². The number of benzene rings is 2. The average molecular weight is 1110 g/mol. The van der Waals surface area contributed by atoms with Gasteiger partial charge in [0.2, 0.25) is 17.7 Å². The number of esters is 1. The van der Waals surface area contributed by atoms with Crippen LogP contribution in [0.5, 0.6) is 5.75 Å². The van der Waals surface area contributed by atoms with E-state index >= 15 is 0 Å². The second kappa shape index (κ2) is 41.9. The van der Waals surface area contributed by atoms with Crippen molar-refractivity contribution >= 4 is 53.2 Å². The van der Waals surface area contributed by atoms with E-state index in [-0.39, 0.29) is 137 Å². The van der Waals surface area contributed by atoms with Gasteiger partial charge in [-0.2, -0.15) is 9.59 Å². The van der Waals surface area contributed by atoms with Crippen molar-refractivity contribution in [3.63, 3.8) is 0 Å². The number of ether oxygens (including phenoxy) is 6. The van der Waals surface area contributed by atoms with Gasteiger partial charge in [0.05, 0.1) is 64.4 Å². The smallest absolute Gasteiger partial charge is 0.408 e. The fourth-order valence-corrected chi connectivity index (χ4v) is 7.67. The Morgan fingerprint density at radius 2 is 1.20 bits per heavy atom. The molecule has 0 aliphatic heterocycles. The van der Waals surface area contributed by atoms with E-state index in [0.29, 0.717) is 88.8 Å². The highest BCUT2D eigenvalue weighted by Crippen LogP contribution is 2.33. The number of Topliss-reactive ketones (excluding diaryl/α,β-unsaturated/α-hetero) is 2. The number of hydrogen-bond acceptors (Lipinski definition) is 16. The van der Waals surface area contributed by atoms with Gasteiger partial charge in [-0.05, 0) is 113 Å². The van der Waals surface area contributed by atoms with Crippen LogP contribution in [0.4, 0.5) is 10.5 Å². The van der Waals surface area contributed by atoms with Gasteiger partial charge in [0.1, 0.15) is 23.7 Å². The topological polar surface area (TPSA) is 277 Å². The van der Waals surface area contributed by atoms with Crippen LogP contribution in [-0.4, -0.2) is 130 Å². The Morgan fingerprint density at radius 3 is 1.86 bits per heavy atom. The zero-order valence-corrected chi connectivity index (χ0v) is 48.3. The molecule has 0 aliphatic rings. The number of ketones is 2. The first-order chi connectivity index (χ1) is 37.5. The van der Waals surface area contributed by atoms with Crippen molar-refractivity contribution in [2.45, 2.75) is 170 Å². The predicted octanol–water partition coefficient (Wildman–Crippen LogP) is 8.14. The van der Waals surface area contributed by atoms with Crippen LogP contribution in [0, 0.1) is 17.3 Å². The van der Waals surface area contributed by atoms with Crippen LogP contribution in [0.15, 0.2) is 48.5 Å². The Labute approximate surface area is 468 Å². The first-order valence-corrected chi connectivity index (χ1v) is 27.7. The lowest BCUT2D eigenvalue weighted by molar-refractivity contribution is -0.192. The molecule has 2 rings (SSSR count). The number of anilines is 1. The molecule has 4 amide bonds. The summed E-state index contributed by atoms with van der Waals surface area (Å²) >= 11 is 0. The Kier molecular flexibility index (Phi) is 37.7. The predicted molar refractivity (Wildman–Crippen MR) is 297 cm³/mol. The summed E-state index contributed by atoms with van der Waals surface area (Å²) in [5.41, 5.74) is 1.90. The summed E-state index contributed by atoms with van der Waals surface area (Å²) in [6, 6.07) is 13.7. The standard InChI is InChI=1S/C58H92N4O14.CO2/c1-43(39-44(2)57(3,4)5)40-46-23-24-51(65)49(41-46)61-54(68)22-13-12-21-50(64)48(62-56(70)75-42-45-17-10-9-11-18-45)20-14-15-29-59-52(66)26-33-72-34-27-53(67)60-30-36-73-32-25-47(63)19-16-31-71-37-38-74-35-28-55(69)76-58(6,7)8;2-1-3/h9-11,17-18,23-24,41,43-44,48,65H,12-16,19-22,25-40,42H2,1-8H3,(H,59,66)(H,60,67)(H,61,68)(H,62,70);/t43-,44?,48+;/m1./s1. The Bertz CT molecular complexity index is 2120. The van der Waals surface area contributed by atoms with Gasteiger partial charge in [-0.25, -0.2) is 4.79 Å². The lowest BCUT2D eigenvalue weighted by Gasteiger charge is -2.29. The van der Waals surface area contributed by atoms with E-state index in [9.17, 15) is 38.7 Å². The molecule has 1 unspecified atom stereocenters. The Balaban J connectivity index is 0.0000101. The van der Waals surface area contributed by atoms with Gasteiger partial charge in [0.25, 0.3) is 0 Å². The minimum Gasteiger partial charge on any atom is -0.506 e. The third kappa shape index (κ3) is 39.0. The quantitative estimate of drug-likeness (QED) is 0.0239. The first kappa shape index (κ1) is 71.0. The highest BCUT2D eigenvalue weighted by molar-refractivity contribution is 5.92. The van der Waals surface area contributed by atoms with Gasteiger partial charge in [-0.1, -0.05) is 71.0 Å². The number of hydrogen-bond donors (Lipinski definition) is 5. The highest BCUT2D eigenvalue weighted by atomic mass is 16.6. The van der Waals surface area contributed by atoms with E-state index in [4.69, 9.17) is 38.0 Å². The minimum atomic E-state index is -0.817. The molecule has 79 heavy (non-hydrogen) atoms. The molecular formula is C59H92N4O16.